The minimum Gasteiger partial charge on any atom is -0.398 e. The summed E-state index contributed by atoms with van der Waals surface area (Å²) in [6.07, 6.45) is 0. The zero-order chi connectivity index (χ0) is 14.1. The molecule has 18 heavy (non-hydrogen) atoms. The highest BCUT2D eigenvalue weighted by Crippen LogP contribution is 2.33. The first-order valence-electron chi connectivity index (χ1n) is 5.48. The maximum atomic E-state index is 12.5. The molecule has 0 aliphatic rings. The van der Waals surface area contributed by atoms with Crippen molar-refractivity contribution in [3.05, 3.63) is 21.6 Å². The highest BCUT2D eigenvalue weighted by molar-refractivity contribution is 9.10. The summed E-state index contributed by atoms with van der Waals surface area (Å²) in [6, 6.07) is 2.78. The number of sulfonamides is 1. The summed E-state index contributed by atoms with van der Waals surface area (Å²) in [5.74, 6) is 0. The van der Waals surface area contributed by atoms with E-state index in [0.717, 1.165) is 0 Å². The molecule has 0 unspecified atom stereocenters. The molecule has 1 rings (SSSR count). The lowest BCUT2D eigenvalue weighted by Crippen LogP contribution is -2.36. The molecule has 0 aromatic heterocycles. The van der Waals surface area contributed by atoms with Gasteiger partial charge in [0.1, 0.15) is 0 Å². The molecule has 0 atom stereocenters. The molecule has 0 aliphatic heterocycles. The molecule has 0 aliphatic carbocycles. The highest BCUT2D eigenvalue weighted by atomic mass is 79.9. The lowest BCUT2D eigenvalue weighted by atomic mass is 10.3. The van der Waals surface area contributed by atoms with E-state index in [9.17, 15) is 8.42 Å². The number of nitrogens with zero attached hydrogens (tertiary/aromatic N) is 1. The topological polar surface area (TPSA) is 63.4 Å². The van der Waals surface area contributed by atoms with Crippen LogP contribution in [0.4, 0.5) is 5.69 Å². The molecule has 0 fully saturated rings. The largest absolute Gasteiger partial charge is 0.398 e. The van der Waals surface area contributed by atoms with Crippen molar-refractivity contribution in [1.29, 1.82) is 0 Å². The van der Waals surface area contributed by atoms with E-state index >= 15 is 0 Å². The number of nitrogen functional groups attached to an aromatic ring is 1. The van der Waals surface area contributed by atoms with Gasteiger partial charge in [0.25, 0.3) is 0 Å². The van der Waals surface area contributed by atoms with Crippen LogP contribution in [0.15, 0.2) is 21.5 Å². The van der Waals surface area contributed by atoms with Crippen LogP contribution >= 0.6 is 27.5 Å². The van der Waals surface area contributed by atoms with Crippen molar-refractivity contribution in [2.45, 2.75) is 31.7 Å². The van der Waals surface area contributed by atoms with Gasteiger partial charge in [-0.05, 0) is 41.9 Å². The van der Waals surface area contributed by atoms with Crippen LogP contribution in [-0.4, -0.2) is 25.3 Å². The fraction of sp³-hybridized carbons (Fsp3) is 0.455. The second kappa shape index (κ2) is 5.77. The molecule has 0 saturated heterocycles. The summed E-state index contributed by atoms with van der Waals surface area (Å²) in [6.45, 7) is 5.82. The van der Waals surface area contributed by atoms with E-state index < -0.39 is 10.0 Å². The molecule has 7 heteroatoms. The standard InChI is InChI=1S/C11H16BrClN2O2S/c1-4-15(7(2)3)18(16,17)10-6-8(13)5-9(14)11(10)12/h5-7H,4,14H2,1-3H3. The predicted molar refractivity (Wildman–Crippen MR) is 78.3 cm³/mol. The molecular weight excluding hydrogens is 340 g/mol. The molecule has 0 amide bonds. The fourth-order valence-electron chi connectivity index (χ4n) is 1.71. The second-order valence-electron chi connectivity index (χ2n) is 4.11. The van der Waals surface area contributed by atoms with Crippen LogP contribution in [0.25, 0.3) is 0 Å². The Morgan fingerprint density at radius 1 is 1.44 bits per heavy atom. The van der Waals surface area contributed by atoms with Crippen LogP contribution in [0, 0.1) is 0 Å². The molecular formula is C11H16BrClN2O2S. The van der Waals surface area contributed by atoms with Crippen LogP contribution in [-0.2, 0) is 10.0 Å². The van der Waals surface area contributed by atoms with Crippen LogP contribution in [0.1, 0.15) is 20.8 Å². The normalized spacial score (nSPS) is 12.4. The van der Waals surface area contributed by atoms with Crippen LogP contribution in [0.5, 0.6) is 0 Å². The van der Waals surface area contributed by atoms with Crippen LogP contribution < -0.4 is 5.73 Å². The molecule has 0 radical (unpaired) electrons. The number of hydrogen-bond acceptors (Lipinski definition) is 3. The Hall–Kier alpha value is -0.300. The Kier molecular flexibility index (Phi) is 5.05. The van der Waals surface area contributed by atoms with E-state index in [0.29, 0.717) is 21.7 Å². The minimum absolute atomic E-state index is 0.100. The van der Waals surface area contributed by atoms with E-state index in [1.807, 2.05) is 13.8 Å². The first-order valence-corrected chi connectivity index (χ1v) is 8.09. The van der Waals surface area contributed by atoms with Crippen LogP contribution in [0.2, 0.25) is 5.02 Å². The average Bonchev–Trinajstić information content (AvgIpc) is 2.23. The lowest BCUT2D eigenvalue weighted by Gasteiger charge is -2.25. The summed E-state index contributed by atoms with van der Waals surface area (Å²) in [4.78, 5) is 0.100. The van der Waals surface area contributed by atoms with Crippen molar-refractivity contribution in [3.8, 4) is 0 Å². The van der Waals surface area contributed by atoms with Crippen molar-refractivity contribution < 1.29 is 8.42 Å². The lowest BCUT2D eigenvalue weighted by molar-refractivity contribution is 0.369. The molecule has 102 valence electrons. The van der Waals surface area contributed by atoms with Gasteiger partial charge in [-0.2, -0.15) is 4.31 Å². The summed E-state index contributed by atoms with van der Waals surface area (Å²) >= 11 is 9.08. The molecule has 0 spiro atoms. The number of nitrogens with two attached hydrogens (primary N) is 1. The van der Waals surface area contributed by atoms with E-state index in [-0.39, 0.29) is 10.9 Å². The van der Waals surface area contributed by atoms with Crippen molar-refractivity contribution >= 4 is 43.2 Å². The Labute approximate surface area is 121 Å². The quantitative estimate of drug-likeness (QED) is 0.844. The molecule has 1 aromatic carbocycles. The van der Waals surface area contributed by atoms with E-state index in [4.69, 9.17) is 17.3 Å². The second-order valence-corrected chi connectivity index (χ2v) is 7.20. The summed E-state index contributed by atoms with van der Waals surface area (Å²) < 4.78 is 26.8. The van der Waals surface area contributed by atoms with E-state index in [2.05, 4.69) is 15.9 Å². The number of hydrogen-bond donors (Lipinski definition) is 1. The van der Waals surface area contributed by atoms with Crippen molar-refractivity contribution in [2.75, 3.05) is 12.3 Å². The molecule has 4 nitrogen and oxygen atoms in total. The Bertz CT molecular complexity index is 546. The van der Waals surface area contributed by atoms with Gasteiger partial charge in [-0.1, -0.05) is 18.5 Å². The summed E-state index contributed by atoms with van der Waals surface area (Å²) in [5, 5.41) is 0.300. The molecule has 0 heterocycles. The van der Waals surface area contributed by atoms with Gasteiger partial charge in [0.15, 0.2) is 0 Å². The maximum Gasteiger partial charge on any atom is 0.244 e. The first-order chi connectivity index (χ1) is 8.21. The zero-order valence-corrected chi connectivity index (χ0v) is 13.6. The number of benzene rings is 1. The van der Waals surface area contributed by atoms with Crippen LogP contribution in [0.3, 0.4) is 0 Å². The SMILES string of the molecule is CCN(C(C)C)S(=O)(=O)c1cc(Cl)cc(N)c1Br. The number of halogens is 2. The van der Waals surface area contributed by atoms with Gasteiger partial charge < -0.3 is 5.73 Å². The van der Waals surface area contributed by atoms with Gasteiger partial charge in [-0.3, -0.25) is 0 Å². The zero-order valence-electron chi connectivity index (χ0n) is 10.4. The predicted octanol–water partition coefficient (Wildman–Crippen LogP) is 3.10. The van der Waals surface area contributed by atoms with Crippen molar-refractivity contribution in [1.82, 2.24) is 4.31 Å². The van der Waals surface area contributed by atoms with E-state index in [1.54, 1.807) is 6.92 Å². The molecule has 0 bridgehead atoms. The maximum absolute atomic E-state index is 12.5. The Morgan fingerprint density at radius 2 is 2.00 bits per heavy atom. The number of anilines is 1. The third-order valence-electron chi connectivity index (χ3n) is 2.51. The Morgan fingerprint density at radius 3 is 2.44 bits per heavy atom. The number of rotatable bonds is 4. The third-order valence-corrected chi connectivity index (χ3v) is 6.05. The fourth-order valence-corrected chi connectivity index (χ4v) is 4.61. The van der Waals surface area contributed by atoms with Gasteiger partial charge in [0.05, 0.1) is 9.37 Å². The van der Waals surface area contributed by atoms with Gasteiger partial charge >= 0.3 is 0 Å². The smallest absolute Gasteiger partial charge is 0.244 e. The third kappa shape index (κ3) is 2.99. The molecule has 2 N–H and O–H groups in total. The van der Waals surface area contributed by atoms with Gasteiger partial charge in [0, 0.05) is 23.3 Å². The Balaban J connectivity index is 3.46. The summed E-state index contributed by atoms with van der Waals surface area (Å²) in [5.41, 5.74) is 6.03. The van der Waals surface area contributed by atoms with E-state index in [1.165, 1.54) is 16.4 Å². The molecule has 1 aromatic rings. The highest BCUT2D eigenvalue weighted by Gasteiger charge is 2.28. The monoisotopic (exact) mass is 354 g/mol. The summed E-state index contributed by atoms with van der Waals surface area (Å²) in [7, 11) is -3.60. The first kappa shape index (κ1) is 15.8. The van der Waals surface area contributed by atoms with Gasteiger partial charge in [-0.25, -0.2) is 8.42 Å². The molecule has 0 saturated carbocycles. The minimum atomic E-state index is -3.60. The van der Waals surface area contributed by atoms with Gasteiger partial charge in [0.2, 0.25) is 10.0 Å². The van der Waals surface area contributed by atoms with Crippen molar-refractivity contribution in [2.24, 2.45) is 0 Å². The van der Waals surface area contributed by atoms with Gasteiger partial charge in [-0.15, -0.1) is 0 Å². The average molecular weight is 356 g/mol. The van der Waals surface area contributed by atoms with Crippen molar-refractivity contribution in [3.63, 3.8) is 0 Å².